The summed E-state index contributed by atoms with van der Waals surface area (Å²) in [5, 5.41) is 14.2. The summed E-state index contributed by atoms with van der Waals surface area (Å²) in [5.74, 6) is -0.358. The molecule has 1 saturated heterocycles. The van der Waals surface area contributed by atoms with Crippen LogP contribution in [0.2, 0.25) is 5.15 Å². The Kier molecular flexibility index (Phi) is 6.92. The number of halogens is 1. The van der Waals surface area contributed by atoms with Crippen molar-refractivity contribution >= 4 is 45.6 Å². The van der Waals surface area contributed by atoms with Crippen LogP contribution in [0.15, 0.2) is 12.1 Å². The number of rotatable bonds is 5. The zero-order valence-corrected chi connectivity index (χ0v) is 21.8. The number of carbonyl (C=O) groups excluding carboxylic acids is 2. The van der Waals surface area contributed by atoms with Gasteiger partial charge < -0.3 is 26.0 Å². The molecule has 0 bridgehead atoms. The Balaban J connectivity index is 1.62. The van der Waals surface area contributed by atoms with Gasteiger partial charge in [0.05, 0.1) is 18.2 Å². The van der Waals surface area contributed by atoms with Gasteiger partial charge in [-0.3, -0.25) is 4.79 Å². The van der Waals surface area contributed by atoms with Gasteiger partial charge in [0.15, 0.2) is 0 Å². The van der Waals surface area contributed by atoms with Crippen molar-refractivity contribution < 1.29 is 14.3 Å². The van der Waals surface area contributed by atoms with Crippen LogP contribution in [0.25, 0.3) is 0 Å². The number of esters is 1. The second-order valence-corrected chi connectivity index (χ2v) is 11.7. The maximum atomic E-state index is 13.4. The van der Waals surface area contributed by atoms with Crippen LogP contribution in [-0.4, -0.2) is 47.6 Å². The lowest BCUT2D eigenvalue weighted by atomic mass is 9.79. The molecule has 0 unspecified atom stereocenters. The van der Waals surface area contributed by atoms with Gasteiger partial charge in [0.2, 0.25) is 0 Å². The molecule has 8 nitrogen and oxygen atoms in total. The Hall–Kier alpha value is -2.20. The molecule has 4 rings (SSSR count). The molecule has 1 fully saturated rings. The maximum Gasteiger partial charge on any atom is 0.341 e. The highest BCUT2D eigenvalue weighted by atomic mass is 35.5. The van der Waals surface area contributed by atoms with Gasteiger partial charge in [-0.15, -0.1) is 11.3 Å². The molecule has 2 aromatic heterocycles. The molecule has 0 atom stereocenters. The minimum atomic E-state index is -0.443. The third-order valence-corrected chi connectivity index (χ3v) is 7.54. The van der Waals surface area contributed by atoms with Gasteiger partial charge in [0.25, 0.3) is 5.91 Å². The standard InChI is InChI=1S/C24H32ClN5O3S/c1-23(2)10-13(11-24(3,4)30-23)27-19-15(6-7-17(25)28-19)20(31)29-21-18(22(32)33-5)14-8-9-26-12-16(14)34-21/h6-7,13,26,30H,8-12H2,1-5H3,(H,27,28)(H,29,31). The number of thiophene rings is 1. The summed E-state index contributed by atoms with van der Waals surface area (Å²) < 4.78 is 5.02. The van der Waals surface area contributed by atoms with Crippen LogP contribution in [0, 0.1) is 0 Å². The molecule has 0 saturated carbocycles. The molecule has 0 aromatic carbocycles. The van der Waals surface area contributed by atoms with Crippen LogP contribution in [0.5, 0.6) is 0 Å². The summed E-state index contributed by atoms with van der Waals surface area (Å²) in [6.45, 7) is 10.1. The molecule has 0 spiro atoms. The lowest BCUT2D eigenvalue weighted by Gasteiger charge is -2.46. The van der Waals surface area contributed by atoms with E-state index in [-0.39, 0.29) is 23.0 Å². The molecule has 2 aromatic rings. The number of hydrogen-bond acceptors (Lipinski definition) is 8. The highest BCUT2D eigenvalue weighted by Crippen LogP contribution is 2.37. The van der Waals surface area contributed by atoms with Crippen LogP contribution < -0.4 is 21.3 Å². The molecular weight excluding hydrogens is 474 g/mol. The van der Waals surface area contributed by atoms with E-state index < -0.39 is 5.97 Å². The van der Waals surface area contributed by atoms with Gasteiger partial charge in [-0.2, -0.15) is 0 Å². The molecular formula is C24H32ClN5O3S. The fourth-order valence-corrected chi connectivity index (χ4v) is 6.61. The number of ether oxygens (including phenoxy) is 1. The Morgan fingerprint density at radius 1 is 1.21 bits per heavy atom. The molecule has 10 heteroatoms. The Bertz CT molecular complexity index is 1100. The minimum absolute atomic E-state index is 0.0695. The zero-order valence-electron chi connectivity index (χ0n) is 20.2. The van der Waals surface area contributed by atoms with Crippen LogP contribution >= 0.6 is 22.9 Å². The van der Waals surface area contributed by atoms with E-state index in [9.17, 15) is 9.59 Å². The van der Waals surface area contributed by atoms with Crippen molar-refractivity contribution in [3.8, 4) is 0 Å². The Morgan fingerprint density at radius 3 is 2.59 bits per heavy atom. The predicted octanol–water partition coefficient (Wildman–Crippen LogP) is 4.20. The number of hydrogen-bond donors (Lipinski definition) is 4. The van der Waals surface area contributed by atoms with Gasteiger partial charge in [-0.1, -0.05) is 11.6 Å². The van der Waals surface area contributed by atoms with Crippen molar-refractivity contribution in [3.63, 3.8) is 0 Å². The van der Waals surface area contributed by atoms with Crippen molar-refractivity contribution in [2.24, 2.45) is 0 Å². The van der Waals surface area contributed by atoms with Crippen LogP contribution in [-0.2, 0) is 17.7 Å². The van der Waals surface area contributed by atoms with Gasteiger partial charge >= 0.3 is 5.97 Å². The van der Waals surface area contributed by atoms with Crippen molar-refractivity contribution in [1.29, 1.82) is 0 Å². The van der Waals surface area contributed by atoms with Crippen molar-refractivity contribution in [2.75, 3.05) is 24.3 Å². The van der Waals surface area contributed by atoms with Gasteiger partial charge in [-0.25, -0.2) is 9.78 Å². The molecule has 0 aliphatic carbocycles. The maximum absolute atomic E-state index is 13.4. The van der Waals surface area contributed by atoms with E-state index in [1.165, 1.54) is 18.4 Å². The number of aromatic nitrogens is 1. The summed E-state index contributed by atoms with van der Waals surface area (Å²) in [7, 11) is 1.35. The Labute approximate surface area is 209 Å². The summed E-state index contributed by atoms with van der Waals surface area (Å²) in [6, 6.07) is 3.37. The number of nitrogens with zero attached hydrogens (tertiary/aromatic N) is 1. The van der Waals surface area contributed by atoms with E-state index in [1.54, 1.807) is 12.1 Å². The lowest BCUT2D eigenvalue weighted by Crippen LogP contribution is -2.60. The topological polar surface area (TPSA) is 104 Å². The van der Waals surface area contributed by atoms with Gasteiger partial charge in [0, 0.05) is 28.5 Å². The van der Waals surface area contributed by atoms with E-state index in [0.717, 1.165) is 29.8 Å². The lowest BCUT2D eigenvalue weighted by molar-refractivity contribution is 0.0601. The number of nitrogens with one attached hydrogen (secondary N) is 4. The number of methoxy groups -OCH3 is 1. The number of pyridine rings is 1. The van der Waals surface area contributed by atoms with Crippen molar-refractivity contribution in [3.05, 3.63) is 38.9 Å². The molecule has 4 N–H and O–H groups in total. The quantitative estimate of drug-likeness (QED) is 0.356. The molecule has 2 aliphatic heterocycles. The van der Waals surface area contributed by atoms with Gasteiger partial charge in [0.1, 0.15) is 16.0 Å². The first-order valence-corrected chi connectivity index (χ1v) is 12.6. The van der Waals surface area contributed by atoms with E-state index in [4.69, 9.17) is 16.3 Å². The molecule has 4 heterocycles. The average molecular weight is 506 g/mol. The first-order valence-electron chi connectivity index (χ1n) is 11.5. The largest absolute Gasteiger partial charge is 0.465 e. The van der Waals surface area contributed by atoms with E-state index >= 15 is 0 Å². The summed E-state index contributed by atoms with van der Waals surface area (Å²) in [4.78, 5) is 31.4. The van der Waals surface area contributed by atoms with Gasteiger partial charge in [-0.05, 0) is 71.2 Å². The SMILES string of the molecule is COC(=O)c1c(NC(=O)c2ccc(Cl)nc2NC2CC(C)(C)NC(C)(C)C2)sc2c1CCNC2. The van der Waals surface area contributed by atoms with Crippen LogP contribution in [0.4, 0.5) is 10.8 Å². The first-order chi connectivity index (χ1) is 16.0. The smallest absolute Gasteiger partial charge is 0.341 e. The van der Waals surface area contributed by atoms with Crippen LogP contribution in [0.3, 0.4) is 0 Å². The van der Waals surface area contributed by atoms with E-state index in [0.29, 0.717) is 40.1 Å². The molecule has 34 heavy (non-hydrogen) atoms. The third-order valence-electron chi connectivity index (χ3n) is 6.18. The summed E-state index contributed by atoms with van der Waals surface area (Å²) >= 11 is 7.61. The first kappa shape index (κ1) is 24.9. The summed E-state index contributed by atoms with van der Waals surface area (Å²) in [5.41, 5.74) is 1.62. The average Bonchev–Trinajstić information content (AvgIpc) is 3.08. The molecule has 1 amide bonds. The van der Waals surface area contributed by atoms with E-state index in [1.807, 2.05) is 0 Å². The number of carbonyl (C=O) groups is 2. The Morgan fingerprint density at radius 2 is 1.91 bits per heavy atom. The monoisotopic (exact) mass is 505 g/mol. The minimum Gasteiger partial charge on any atom is -0.465 e. The fraction of sp³-hybridized carbons (Fsp3) is 0.542. The fourth-order valence-electron chi connectivity index (χ4n) is 5.26. The second-order valence-electron chi connectivity index (χ2n) is 10.3. The third kappa shape index (κ3) is 5.38. The number of amides is 1. The highest BCUT2D eigenvalue weighted by molar-refractivity contribution is 7.17. The molecule has 2 aliphatic rings. The summed E-state index contributed by atoms with van der Waals surface area (Å²) in [6.07, 6.45) is 2.44. The zero-order chi connectivity index (χ0) is 24.7. The number of piperidine rings is 1. The molecule has 0 radical (unpaired) electrons. The van der Waals surface area contributed by atoms with Crippen LogP contribution in [0.1, 0.15) is 71.7 Å². The highest BCUT2D eigenvalue weighted by Gasteiger charge is 2.38. The van der Waals surface area contributed by atoms with Crippen molar-refractivity contribution in [1.82, 2.24) is 15.6 Å². The number of anilines is 2. The predicted molar refractivity (Wildman–Crippen MR) is 136 cm³/mol. The molecule has 184 valence electrons. The van der Waals surface area contributed by atoms with E-state index in [2.05, 4.69) is 53.9 Å². The normalized spacial score (nSPS) is 19.2. The second kappa shape index (κ2) is 9.45. The van der Waals surface area contributed by atoms with Crippen molar-refractivity contribution in [2.45, 2.75) is 70.6 Å². The number of fused-ring (bicyclic) bond motifs is 1.